The summed E-state index contributed by atoms with van der Waals surface area (Å²) in [7, 11) is 1.66. The van der Waals surface area contributed by atoms with Gasteiger partial charge in [0, 0.05) is 23.9 Å². The van der Waals surface area contributed by atoms with Gasteiger partial charge in [0.15, 0.2) is 12.4 Å². The summed E-state index contributed by atoms with van der Waals surface area (Å²) in [5, 5.41) is 0. The quantitative estimate of drug-likeness (QED) is 0.416. The first-order chi connectivity index (χ1) is 8.81. The van der Waals surface area contributed by atoms with Gasteiger partial charge in [0.05, 0.1) is 12.8 Å². The Bertz CT molecular complexity index is 471. The largest absolute Gasteiger partial charge is 1.00 e. The molecule has 1 heterocycles. The fraction of sp³-hybridized carbons (Fsp3) is 0.200. The summed E-state index contributed by atoms with van der Waals surface area (Å²) in [6, 6.07) is 11.8. The lowest BCUT2D eigenvalue weighted by Gasteiger charge is -1.98. The zero-order valence-corrected chi connectivity index (χ0v) is 13.2. The Labute approximate surface area is 131 Å². The van der Waals surface area contributed by atoms with E-state index in [0.29, 0.717) is 0 Å². The number of benzene rings is 1. The minimum absolute atomic E-state index is 0. The van der Waals surface area contributed by atoms with Crippen molar-refractivity contribution in [2.24, 2.45) is 4.99 Å². The van der Waals surface area contributed by atoms with Gasteiger partial charge in [-0.25, -0.2) is 4.57 Å². The second-order valence-corrected chi connectivity index (χ2v) is 3.92. The average molecular weight is 368 g/mol. The third kappa shape index (κ3) is 4.63. The van der Waals surface area contributed by atoms with Gasteiger partial charge in [0.2, 0.25) is 0 Å². The summed E-state index contributed by atoms with van der Waals surface area (Å²) in [6.07, 6.45) is 5.96. The molecule has 100 valence electrons. The van der Waals surface area contributed by atoms with Crippen LogP contribution in [0, 0.1) is 0 Å². The summed E-state index contributed by atoms with van der Waals surface area (Å²) in [5.41, 5.74) is 2.01. The average Bonchev–Trinajstić information content (AvgIpc) is 2.46. The van der Waals surface area contributed by atoms with Crippen LogP contribution in [0.1, 0.15) is 12.5 Å². The van der Waals surface area contributed by atoms with E-state index in [1.807, 2.05) is 30.5 Å². The molecular formula is C15H17IN2O. The van der Waals surface area contributed by atoms with Crippen molar-refractivity contribution in [3.05, 3.63) is 54.4 Å². The molecule has 0 saturated carbocycles. The fourth-order valence-electron chi connectivity index (χ4n) is 1.58. The van der Waals surface area contributed by atoms with Crippen molar-refractivity contribution >= 4 is 11.9 Å². The number of aryl methyl sites for hydroxylation is 1. The minimum atomic E-state index is 0. The lowest BCUT2D eigenvalue weighted by molar-refractivity contribution is -0.693. The third-order valence-electron chi connectivity index (χ3n) is 2.72. The van der Waals surface area contributed by atoms with Crippen molar-refractivity contribution < 1.29 is 33.3 Å². The highest BCUT2D eigenvalue weighted by molar-refractivity contribution is 5.81. The van der Waals surface area contributed by atoms with Crippen LogP contribution >= 0.6 is 0 Å². The highest BCUT2D eigenvalue weighted by Crippen LogP contribution is 2.17. The third-order valence-corrected chi connectivity index (χ3v) is 2.72. The molecule has 2 rings (SSSR count). The SMILES string of the molecule is CC[n+]1ccc(C=Nc2ccc(OC)cc2)cc1.[I-]. The van der Waals surface area contributed by atoms with E-state index in [2.05, 4.69) is 41.0 Å². The van der Waals surface area contributed by atoms with Gasteiger partial charge in [-0.2, -0.15) is 0 Å². The molecule has 3 nitrogen and oxygen atoms in total. The Balaban J connectivity index is 0.00000180. The molecule has 0 spiro atoms. The van der Waals surface area contributed by atoms with Crippen molar-refractivity contribution in [2.75, 3.05) is 7.11 Å². The van der Waals surface area contributed by atoms with Gasteiger partial charge in [-0.1, -0.05) is 0 Å². The van der Waals surface area contributed by atoms with Crippen molar-refractivity contribution in [2.45, 2.75) is 13.5 Å². The molecule has 0 aliphatic carbocycles. The van der Waals surface area contributed by atoms with Crippen molar-refractivity contribution in [3.63, 3.8) is 0 Å². The maximum atomic E-state index is 5.10. The van der Waals surface area contributed by atoms with Crippen LogP contribution in [0.15, 0.2) is 53.8 Å². The number of ether oxygens (including phenoxy) is 1. The normalized spacial score (nSPS) is 10.2. The number of halogens is 1. The lowest BCUT2D eigenvalue weighted by Crippen LogP contribution is -3.00. The van der Waals surface area contributed by atoms with Crippen LogP contribution in [0.25, 0.3) is 0 Å². The molecule has 0 aliphatic rings. The molecular weight excluding hydrogens is 351 g/mol. The molecule has 19 heavy (non-hydrogen) atoms. The van der Waals surface area contributed by atoms with E-state index < -0.39 is 0 Å². The first-order valence-electron chi connectivity index (χ1n) is 5.99. The number of aliphatic imine (C=N–C) groups is 1. The van der Waals surface area contributed by atoms with Crippen LogP contribution in [0.4, 0.5) is 5.69 Å². The summed E-state index contributed by atoms with van der Waals surface area (Å²) in [5.74, 6) is 0.845. The summed E-state index contributed by atoms with van der Waals surface area (Å²) in [6.45, 7) is 3.10. The summed E-state index contributed by atoms with van der Waals surface area (Å²) >= 11 is 0. The van der Waals surface area contributed by atoms with E-state index in [1.54, 1.807) is 7.11 Å². The number of hydrogen-bond donors (Lipinski definition) is 0. The molecule has 0 radical (unpaired) electrons. The zero-order chi connectivity index (χ0) is 12.8. The number of rotatable bonds is 4. The molecule has 1 aromatic carbocycles. The van der Waals surface area contributed by atoms with Crippen molar-refractivity contribution in [3.8, 4) is 5.75 Å². The molecule has 0 amide bonds. The number of nitrogens with zero attached hydrogens (tertiary/aromatic N) is 2. The van der Waals surface area contributed by atoms with Gasteiger partial charge in [0.1, 0.15) is 12.3 Å². The Morgan fingerprint density at radius 1 is 1.11 bits per heavy atom. The summed E-state index contributed by atoms with van der Waals surface area (Å²) in [4.78, 5) is 4.42. The number of hydrogen-bond acceptors (Lipinski definition) is 2. The predicted molar refractivity (Wildman–Crippen MR) is 72.6 cm³/mol. The Kier molecular flexibility index (Phi) is 6.49. The van der Waals surface area contributed by atoms with E-state index in [-0.39, 0.29) is 24.0 Å². The van der Waals surface area contributed by atoms with Crippen LogP contribution in [-0.2, 0) is 6.54 Å². The van der Waals surface area contributed by atoms with E-state index in [1.165, 1.54) is 0 Å². The van der Waals surface area contributed by atoms with Crippen LogP contribution in [0.2, 0.25) is 0 Å². The number of aromatic nitrogens is 1. The number of pyridine rings is 1. The summed E-state index contributed by atoms with van der Waals surface area (Å²) < 4.78 is 7.22. The van der Waals surface area contributed by atoms with Gasteiger partial charge < -0.3 is 28.7 Å². The molecule has 1 aromatic heterocycles. The van der Waals surface area contributed by atoms with Crippen LogP contribution in [0.3, 0.4) is 0 Å². The van der Waals surface area contributed by atoms with Gasteiger partial charge in [-0.3, -0.25) is 4.99 Å². The minimum Gasteiger partial charge on any atom is -1.00 e. The lowest BCUT2D eigenvalue weighted by atomic mass is 10.3. The van der Waals surface area contributed by atoms with E-state index in [9.17, 15) is 0 Å². The van der Waals surface area contributed by atoms with Crippen LogP contribution in [-0.4, -0.2) is 13.3 Å². The van der Waals surface area contributed by atoms with Crippen LogP contribution < -0.4 is 33.3 Å². The second-order valence-electron chi connectivity index (χ2n) is 3.92. The first-order valence-corrected chi connectivity index (χ1v) is 5.99. The Hall–Kier alpha value is -1.43. The molecule has 0 unspecified atom stereocenters. The molecule has 0 aliphatic heterocycles. The van der Waals surface area contributed by atoms with E-state index in [4.69, 9.17) is 4.74 Å². The Morgan fingerprint density at radius 3 is 2.26 bits per heavy atom. The van der Waals surface area contributed by atoms with E-state index >= 15 is 0 Å². The molecule has 4 heteroatoms. The monoisotopic (exact) mass is 368 g/mol. The number of methoxy groups -OCH3 is 1. The maximum absolute atomic E-state index is 5.10. The molecule has 0 saturated heterocycles. The molecule has 0 fully saturated rings. The van der Waals surface area contributed by atoms with Gasteiger partial charge in [-0.15, -0.1) is 0 Å². The second kappa shape index (κ2) is 7.89. The smallest absolute Gasteiger partial charge is 0.169 e. The first kappa shape index (κ1) is 15.6. The van der Waals surface area contributed by atoms with Crippen molar-refractivity contribution in [1.82, 2.24) is 0 Å². The highest BCUT2D eigenvalue weighted by Gasteiger charge is 1.95. The van der Waals surface area contributed by atoms with Crippen molar-refractivity contribution in [1.29, 1.82) is 0 Å². The zero-order valence-electron chi connectivity index (χ0n) is 11.1. The van der Waals surface area contributed by atoms with Gasteiger partial charge >= 0.3 is 0 Å². The van der Waals surface area contributed by atoms with E-state index in [0.717, 1.165) is 23.5 Å². The molecule has 0 atom stereocenters. The van der Waals surface area contributed by atoms with Crippen LogP contribution in [0.5, 0.6) is 5.75 Å². The standard InChI is InChI=1S/C15H17N2O.HI/c1-3-17-10-8-13(9-11-17)12-16-14-4-6-15(18-2)7-5-14;/h4-12H,3H2,1-2H3;1H/q+1;/p-1. The molecule has 2 aromatic rings. The molecule has 0 bridgehead atoms. The molecule has 0 N–H and O–H groups in total. The predicted octanol–water partition coefficient (Wildman–Crippen LogP) is -0.243. The Morgan fingerprint density at radius 2 is 1.74 bits per heavy atom. The van der Waals surface area contributed by atoms with Gasteiger partial charge in [0.25, 0.3) is 0 Å². The fourth-order valence-corrected chi connectivity index (χ4v) is 1.58. The highest BCUT2D eigenvalue weighted by atomic mass is 127. The maximum Gasteiger partial charge on any atom is 0.169 e. The van der Waals surface area contributed by atoms with Gasteiger partial charge in [-0.05, 0) is 31.2 Å². The topological polar surface area (TPSA) is 25.5 Å².